The second-order valence-corrected chi connectivity index (χ2v) is 6.01. The molecule has 0 saturated carbocycles. The summed E-state index contributed by atoms with van der Waals surface area (Å²) in [6.07, 6.45) is 1.42. The Morgan fingerprint density at radius 3 is 2.79 bits per heavy atom. The van der Waals surface area contributed by atoms with Gasteiger partial charge in [-0.1, -0.05) is 12.1 Å². The topological polar surface area (TPSA) is 119 Å². The van der Waals surface area contributed by atoms with Gasteiger partial charge in [0.1, 0.15) is 11.8 Å². The van der Waals surface area contributed by atoms with Crippen molar-refractivity contribution < 1.29 is 19.1 Å². The number of para-hydroxylation sites is 2. The Morgan fingerprint density at radius 1 is 1.25 bits per heavy atom. The largest absolute Gasteiger partial charge is 0.464 e. The number of nitrogen functional groups attached to an aromatic ring is 1. The van der Waals surface area contributed by atoms with Gasteiger partial charge in [0.05, 0.1) is 29.6 Å². The average Bonchev–Trinajstić information content (AvgIpc) is 2.97. The highest BCUT2D eigenvalue weighted by Crippen LogP contribution is 2.36. The maximum absolute atomic E-state index is 12.7. The number of nitrogens with one attached hydrogen (secondary N) is 1. The number of methoxy groups -OCH3 is 1. The van der Waals surface area contributed by atoms with Crippen molar-refractivity contribution in [3.63, 3.8) is 0 Å². The molecule has 0 spiro atoms. The SMILES string of the molecule is COC(=O)c1c(N)c(C#N)cn1-c1ccc2c(c1)C(=O)Nc1ccccc1O2. The number of nitriles is 1. The van der Waals surface area contributed by atoms with Gasteiger partial charge in [-0.3, -0.25) is 4.79 Å². The number of amides is 1. The number of rotatable bonds is 2. The summed E-state index contributed by atoms with van der Waals surface area (Å²) in [6.45, 7) is 0. The quantitative estimate of drug-likeness (QED) is 0.665. The molecule has 0 unspecified atom stereocenters. The molecule has 1 aliphatic rings. The van der Waals surface area contributed by atoms with Gasteiger partial charge in [0.15, 0.2) is 11.4 Å². The first-order chi connectivity index (χ1) is 13.5. The number of aromatic nitrogens is 1. The van der Waals surface area contributed by atoms with E-state index in [-0.39, 0.29) is 28.4 Å². The molecule has 28 heavy (non-hydrogen) atoms. The molecule has 138 valence electrons. The van der Waals surface area contributed by atoms with Crippen LogP contribution in [0, 0.1) is 11.3 Å². The van der Waals surface area contributed by atoms with Crippen LogP contribution < -0.4 is 15.8 Å². The number of nitrogens with two attached hydrogens (primary N) is 1. The smallest absolute Gasteiger partial charge is 0.357 e. The molecule has 8 nitrogen and oxygen atoms in total. The Hall–Kier alpha value is -4.25. The monoisotopic (exact) mass is 374 g/mol. The number of carbonyl (C=O) groups excluding carboxylic acids is 2. The van der Waals surface area contributed by atoms with Crippen molar-refractivity contribution in [2.45, 2.75) is 0 Å². The predicted octanol–water partition coefficient (Wildman–Crippen LogP) is 3.08. The minimum absolute atomic E-state index is 0.0113. The number of hydrogen-bond acceptors (Lipinski definition) is 6. The zero-order chi connectivity index (χ0) is 19.8. The van der Waals surface area contributed by atoms with Gasteiger partial charge in [-0.25, -0.2) is 4.79 Å². The van der Waals surface area contributed by atoms with E-state index in [0.29, 0.717) is 22.9 Å². The molecule has 1 amide bonds. The van der Waals surface area contributed by atoms with Crippen LogP contribution in [0.25, 0.3) is 5.69 Å². The van der Waals surface area contributed by atoms with Crippen LogP contribution in [-0.2, 0) is 4.74 Å². The molecule has 1 aromatic heterocycles. The third-order valence-corrected chi connectivity index (χ3v) is 4.38. The standard InChI is InChI=1S/C20H14N4O4/c1-27-20(26)18-17(22)11(9-21)10-24(18)12-6-7-15-13(8-12)19(25)23-14-4-2-3-5-16(14)28-15/h2-8,10H,22H2,1H3,(H,23,25). The van der Waals surface area contributed by atoms with Gasteiger partial charge in [0, 0.05) is 11.9 Å². The first-order valence-electron chi connectivity index (χ1n) is 8.25. The van der Waals surface area contributed by atoms with Crippen LogP contribution in [0.15, 0.2) is 48.7 Å². The summed E-state index contributed by atoms with van der Waals surface area (Å²) in [5.41, 5.74) is 7.36. The fraction of sp³-hybridized carbons (Fsp3) is 0.0500. The van der Waals surface area contributed by atoms with Gasteiger partial charge >= 0.3 is 5.97 Å². The molecule has 2 aromatic carbocycles. The number of fused-ring (bicyclic) bond motifs is 2. The molecule has 8 heteroatoms. The number of anilines is 2. The van der Waals surface area contributed by atoms with Crippen LogP contribution in [-0.4, -0.2) is 23.6 Å². The van der Waals surface area contributed by atoms with Crippen LogP contribution in [0.2, 0.25) is 0 Å². The fourth-order valence-corrected chi connectivity index (χ4v) is 3.02. The molecule has 0 aliphatic carbocycles. The van der Waals surface area contributed by atoms with Gasteiger partial charge in [-0.15, -0.1) is 0 Å². The van der Waals surface area contributed by atoms with E-state index in [4.69, 9.17) is 15.2 Å². The van der Waals surface area contributed by atoms with Crippen LogP contribution in [0.4, 0.5) is 11.4 Å². The van der Waals surface area contributed by atoms with Crippen LogP contribution >= 0.6 is 0 Å². The lowest BCUT2D eigenvalue weighted by molar-refractivity contribution is 0.0593. The molecule has 0 radical (unpaired) electrons. The van der Waals surface area contributed by atoms with Crippen molar-refractivity contribution in [1.82, 2.24) is 4.57 Å². The average molecular weight is 374 g/mol. The van der Waals surface area contributed by atoms with E-state index in [9.17, 15) is 14.9 Å². The number of esters is 1. The number of carbonyl (C=O) groups is 2. The minimum atomic E-state index is -0.693. The van der Waals surface area contributed by atoms with E-state index in [1.165, 1.54) is 17.9 Å². The Morgan fingerprint density at radius 2 is 2.04 bits per heavy atom. The lowest BCUT2D eigenvalue weighted by atomic mass is 10.1. The Bertz CT molecular complexity index is 1170. The third kappa shape index (κ3) is 2.62. The summed E-state index contributed by atoms with van der Waals surface area (Å²) in [7, 11) is 1.22. The molecule has 4 rings (SSSR count). The van der Waals surface area contributed by atoms with Crippen molar-refractivity contribution in [3.8, 4) is 23.3 Å². The first-order valence-corrected chi connectivity index (χ1v) is 8.25. The van der Waals surface area contributed by atoms with Gasteiger partial charge in [-0.2, -0.15) is 5.26 Å². The van der Waals surface area contributed by atoms with Crippen molar-refractivity contribution in [2.75, 3.05) is 18.2 Å². The number of nitrogens with zero attached hydrogens (tertiary/aromatic N) is 2. The Labute approximate surface area is 159 Å². The van der Waals surface area contributed by atoms with Crippen LogP contribution in [0.5, 0.6) is 11.5 Å². The zero-order valence-electron chi connectivity index (χ0n) is 14.7. The van der Waals surface area contributed by atoms with Crippen molar-refractivity contribution in [2.24, 2.45) is 0 Å². The van der Waals surface area contributed by atoms with Gasteiger partial charge < -0.3 is 25.1 Å². The lowest BCUT2D eigenvalue weighted by Crippen LogP contribution is -2.13. The summed E-state index contributed by atoms with van der Waals surface area (Å²) in [4.78, 5) is 24.9. The Balaban J connectivity index is 1.86. The van der Waals surface area contributed by atoms with E-state index in [0.717, 1.165) is 0 Å². The summed E-state index contributed by atoms with van der Waals surface area (Å²) in [5.74, 6) is -0.162. The summed E-state index contributed by atoms with van der Waals surface area (Å²) in [6, 6.07) is 13.9. The van der Waals surface area contributed by atoms with E-state index >= 15 is 0 Å². The van der Waals surface area contributed by atoms with Crippen LogP contribution in [0.1, 0.15) is 26.4 Å². The Kier molecular flexibility index (Phi) is 3.98. The number of hydrogen-bond donors (Lipinski definition) is 2. The summed E-state index contributed by atoms with van der Waals surface area (Å²) in [5, 5.41) is 12.0. The van der Waals surface area contributed by atoms with Crippen molar-refractivity contribution in [3.05, 3.63) is 65.5 Å². The molecule has 0 atom stereocenters. The zero-order valence-corrected chi connectivity index (χ0v) is 14.7. The first kappa shape index (κ1) is 17.2. The van der Waals surface area contributed by atoms with Crippen molar-refractivity contribution in [1.29, 1.82) is 5.26 Å². The normalized spacial score (nSPS) is 11.9. The summed E-state index contributed by atoms with van der Waals surface area (Å²) >= 11 is 0. The number of benzene rings is 2. The van der Waals surface area contributed by atoms with E-state index in [1.54, 1.807) is 42.5 Å². The fourth-order valence-electron chi connectivity index (χ4n) is 3.02. The van der Waals surface area contributed by atoms with E-state index < -0.39 is 5.97 Å². The maximum atomic E-state index is 12.7. The lowest BCUT2D eigenvalue weighted by Gasteiger charge is -2.11. The highest BCUT2D eigenvalue weighted by molar-refractivity contribution is 6.08. The third-order valence-electron chi connectivity index (χ3n) is 4.38. The molecule has 0 fully saturated rings. The van der Waals surface area contributed by atoms with Gasteiger partial charge in [0.25, 0.3) is 5.91 Å². The highest BCUT2D eigenvalue weighted by atomic mass is 16.5. The molecular weight excluding hydrogens is 360 g/mol. The highest BCUT2D eigenvalue weighted by Gasteiger charge is 2.25. The number of ether oxygens (including phenoxy) is 2. The molecule has 3 N–H and O–H groups in total. The molecule has 3 aromatic rings. The maximum Gasteiger partial charge on any atom is 0.357 e. The molecule has 2 heterocycles. The van der Waals surface area contributed by atoms with Gasteiger partial charge in [0.2, 0.25) is 0 Å². The molecular formula is C20H14N4O4. The molecule has 0 saturated heterocycles. The van der Waals surface area contributed by atoms with Gasteiger partial charge in [-0.05, 0) is 30.3 Å². The van der Waals surface area contributed by atoms with E-state index in [2.05, 4.69) is 5.32 Å². The second-order valence-electron chi connectivity index (χ2n) is 6.01. The predicted molar refractivity (Wildman–Crippen MR) is 101 cm³/mol. The second kappa shape index (κ2) is 6.48. The van der Waals surface area contributed by atoms with Crippen LogP contribution in [0.3, 0.4) is 0 Å². The minimum Gasteiger partial charge on any atom is -0.464 e. The van der Waals surface area contributed by atoms with E-state index in [1.807, 2.05) is 6.07 Å². The molecule has 1 aliphatic heterocycles. The summed E-state index contributed by atoms with van der Waals surface area (Å²) < 4.78 is 12.1. The molecule has 0 bridgehead atoms. The van der Waals surface area contributed by atoms with Crippen molar-refractivity contribution >= 4 is 23.3 Å².